The Hall–Kier alpha value is -0.970. The number of halogens is 1. The van der Waals surface area contributed by atoms with Gasteiger partial charge in [-0.1, -0.05) is 11.6 Å². The molecule has 1 aromatic rings. The van der Waals surface area contributed by atoms with Crippen LogP contribution in [0.1, 0.15) is 37.4 Å². The van der Waals surface area contributed by atoms with Crippen molar-refractivity contribution in [3.05, 3.63) is 22.7 Å². The molecule has 1 aliphatic carbocycles. The third kappa shape index (κ3) is 3.57. The van der Waals surface area contributed by atoms with Gasteiger partial charge >= 0.3 is 0 Å². The van der Waals surface area contributed by atoms with Crippen LogP contribution in [0.15, 0.2) is 12.1 Å². The van der Waals surface area contributed by atoms with Crippen LogP contribution in [-0.4, -0.2) is 31.9 Å². The number of rotatable bonds is 6. The van der Waals surface area contributed by atoms with E-state index in [-0.39, 0.29) is 6.10 Å². The fourth-order valence-electron chi connectivity index (χ4n) is 2.56. The third-order valence-corrected chi connectivity index (χ3v) is 3.89. The van der Waals surface area contributed by atoms with Gasteiger partial charge in [-0.3, -0.25) is 0 Å². The zero-order valence-electron chi connectivity index (χ0n) is 12.0. The van der Waals surface area contributed by atoms with Gasteiger partial charge in [0.15, 0.2) is 11.5 Å². The number of nitrogens with one attached hydrogen (secondary N) is 1. The summed E-state index contributed by atoms with van der Waals surface area (Å²) in [5, 5.41) is 13.5. The molecular formula is C15H22ClNO3. The van der Waals surface area contributed by atoms with E-state index in [0.29, 0.717) is 23.1 Å². The Morgan fingerprint density at radius 2 is 2.10 bits per heavy atom. The minimum Gasteiger partial charge on any atom is -0.491 e. The number of hydrogen-bond donors (Lipinski definition) is 2. The van der Waals surface area contributed by atoms with Crippen LogP contribution in [0.3, 0.4) is 0 Å². The summed E-state index contributed by atoms with van der Waals surface area (Å²) in [4.78, 5) is 0. The van der Waals surface area contributed by atoms with Gasteiger partial charge in [0.25, 0.3) is 0 Å². The largest absolute Gasteiger partial charge is 0.491 e. The summed E-state index contributed by atoms with van der Waals surface area (Å²) in [6.45, 7) is 0.464. The first-order valence-corrected chi connectivity index (χ1v) is 7.40. The summed E-state index contributed by atoms with van der Waals surface area (Å²) in [6.07, 6.45) is 4.12. The lowest BCUT2D eigenvalue weighted by Crippen LogP contribution is -2.17. The number of methoxy groups -OCH3 is 1. The lowest BCUT2D eigenvalue weighted by Gasteiger charge is -2.19. The first kappa shape index (κ1) is 15.4. The van der Waals surface area contributed by atoms with Crippen LogP contribution in [0.5, 0.6) is 11.5 Å². The van der Waals surface area contributed by atoms with Crippen molar-refractivity contribution in [2.24, 2.45) is 0 Å². The zero-order chi connectivity index (χ0) is 14.5. The standard InChI is InChI=1S/C15H22ClNO3/c1-17-9-13(18)10-7-12(16)15(19-2)14(8-10)20-11-5-3-4-6-11/h7-8,11,13,17-18H,3-6,9H2,1-2H3. The Morgan fingerprint density at radius 1 is 1.40 bits per heavy atom. The predicted octanol–water partition coefficient (Wildman–Crippen LogP) is 2.92. The van der Waals surface area contributed by atoms with Gasteiger partial charge in [0.1, 0.15) is 0 Å². The van der Waals surface area contributed by atoms with E-state index in [0.717, 1.165) is 18.4 Å². The Bertz CT molecular complexity index is 447. The van der Waals surface area contributed by atoms with Crippen LogP contribution >= 0.6 is 11.6 Å². The molecule has 1 saturated carbocycles. The summed E-state index contributed by atoms with van der Waals surface area (Å²) >= 11 is 6.23. The molecule has 0 aromatic heterocycles. The average Bonchev–Trinajstić information content (AvgIpc) is 2.91. The Balaban J connectivity index is 2.25. The molecule has 2 N–H and O–H groups in total. The molecule has 2 rings (SSSR count). The van der Waals surface area contributed by atoms with Crippen molar-refractivity contribution < 1.29 is 14.6 Å². The zero-order valence-corrected chi connectivity index (χ0v) is 12.7. The normalized spacial score (nSPS) is 17.2. The van der Waals surface area contributed by atoms with Crippen molar-refractivity contribution in [1.82, 2.24) is 5.32 Å². The highest BCUT2D eigenvalue weighted by molar-refractivity contribution is 6.32. The van der Waals surface area contributed by atoms with E-state index in [2.05, 4.69) is 5.32 Å². The van der Waals surface area contributed by atoms with Crippen LogP contribution in [0.2, 0.25) is 5.02 Å². The maximum absolute atomic E-state index is 10.1. The second-order valence-corrected chi connectivity index (χ2v) is 5.54. The van der Waals surface area contributed by atoms with Crippen molar-refractivity contribution in [3.8, 4) is 11.5 Å². The summed E-state index contributed by atoms with van der Waals surface area (Å²) < 4.78 is 11.3. The second-order valence-electron chi connectivity index (χ2n) is 5.13. The summed E-state index contributed by atoms with van der Waals surface area (Å²) in [7, 11) is 3.37. The summed E-state index contributed by atoms with van der Waals surface area (Å²) in [6, 6.07) is 3.55. The molecule has 0 aliphatic heterocycles. The fraction of sp³-hybridized carbons (Fsp3) is 0.600. The summed E-state index contributed by atoms with van der Waals surface area (Å²) in [5.74, 6) is 1.16. The highest BCUT2D eigenvalue weighted by atomic mass is 35.5. The second kappa shape index (κ2) is 7.16. The first-order chi connectivity index (χ1) is 9.65. The number of likely N-dealkylation sites (N-methyl/N-ethyl adjacent to an activating group) is 1. The molecule has 0 spiro atoms. The average molecular weight is 300 g/mol. The smallest absolute Gasteiger partial charge is 0.179 e. The molecule has 0 bridgehead atoms. The van der Waals surface area contributed by atoms with Gasteiger partial charge in [0.05, 0.1) is 24.3 Å². The maximum Gasteiger partial charge on any atom is 0.179 e. The number of aliphatic hydroxyl groups is 1. The predicted molar refractivity (Wildman–Crippen MR) is 79.8 cm³/mol. The molecule has 112 valence electrons. The minimum absolute atomic E-state index is 0.219. The molecule has 1 aliphatic rings. The van der Waals surface area contributed by atoms with Gasteiger partial charge in [-0.05, 0) is 50.4 Å². The first-order valence-electron chi connectivity index (χ1n) is 7.02. The van der Waals surface area contributed by atoms with Crippen molar-refractivity contribution in [3.63, 3.8) is 0 Å². The molecule has 1 atom stereocenters. The summed E-state index contributed by atoms with van der Waals surface area (Å²) in [5.41, 5.74) is 0.734. The Labute approximate surface area is 125 Å². The molecule has 0 amide bonds. The van der Waals surface area contributed by atoms with Gasteiger partial charge in [-0.25, -0.2) is 0 Å². The SMILES string of the molecule is CNCC(O)c1cc(Cl)c(OC)c(OC2CCCC2)c1. The van der Waals surface area contributed by atoms with Crippen molar-refractivity contribution in [1.29, 1.82) is 0 Å². The van der Waals surface area contributed by atoms with E-state index in [4.69, 9.17) is 21.1 Å². The van der Waals surface area contributed by atoms with E-state index < -0.39 is 6.10 Å². The van der Waals surface area contributed by atoms with Gasteiger partial charge < -0.3 is 19.9 Å². The lowest BCUT2D eigenvalue weighted by atomic mass is 10.1. The van der Waals surface area contributed by atoms with E-state index in [1.165, 1.54) is 12.8 Å². The van der Waals surface area contributed by atoms with E-state index >= 15 is 0 Å². The lowest BCUT2D eigenvalue weighted by molar-refractivity contribution is 0.174. The monoisotopic (exact) mass is 299 g/mol. The highest BCUT2D eigenvalue weighted by Crippen LogP contribution is 2.39. The van der Waals surface area contributed by atoms with Crippen LogP contribution in [-0.2, 0) is 0 Å². The van der Waals surface area contributed by atoms with Crippen molar-refractivity contribution in [2.75, 3.05) is 20.7 Å². The van der Waals surface area contributed by atoms with Crippen LogP contribution in [0, 0.1) is 0 Å². The topological polar surface area (TPSA) is 50.7 Å². The molecule has 1 fully saturated rings. The fourth-order valence-corrected chi connectivity index (χ4v) is 2.86. The van der Waals surface area contributed by atoms with Gasteiger partial charge in [0.2, 0.25) is 0 Å². The molecule has 1 unspecified atom stereocenters. The number of aliphatic hydroxyl groups excluding tert-OH is 1. The molecule has 5 heteroatoms. The molecule has 1 aromatic carbocycles. The quantitative estimate of drug-likeness (QED) is 0.848. The third-order valence-electron chi connectivity index (χ3n) is 3.61. The van der Waals surface area contributed by atoms with Gasteiger partial charge in [-0.2, -0.15) is 0 Å². The highest BCUT2D eigenvalue weighted by Gasteiger charge is 2.21. The minimum atomic E-state index is -0.616. The van der Waals surface area contributed by atoms with Gasteiger partial charge in [0, 0.05) is 6.54 Å². The van der Waals surface area contributed by atoms with Crippen LogP contribution in [0.4, 0.5) is 0 Å². The Morgan fingerprint density at radius 3 is 2.70 bits per heavy atom. The maximum atomic E-state index is 10.1. The van der Waals surface area contributed by atoms with Crippen LogP contribution in [0.25, 0.3) is 0 Å². The molecule has 4 nitrogen and oxygen atoms in total. The number of ether oxygens (including phenoxy) is 2. The molecule has 0 saturated heterocycles. The van der Waals surface area contributed by atoms with E-state index in [1.807, 2.05) is 6.07 Å². The molecule has 0 radical (unpaired) electrons. The van der Waals surface area contributed by atoms with Crippen molar-refractivity contribution in [2.45, 2.75) is 37.9 Å². The van der Waals surface area contributed by atoms with Crippen LogP contribution < -0.4 is 14.8 Å². The number of benzene rings is 1. The van der Waals surface area contributed by atoms with Crippen molar-refractivity contribution >= 4 is 11.6 Å². The molecular weight excluding hydrogens is 278 g/mol. The van der Waals surface area contributed by atoms with E-state index in [9.17, 15) is 5.11 Å². The number of hydrogen-bond acceptors (Lipinski definition) is 4. The van der Waals surface area contributed by atoms with Gasteiger partial charge in [-0.15, -0.1) is 0 Å². The molecule has 0 heterocycles. The van der Waals surface area contributed by atoms with E-state index in [1.54, 1.807) is 20.2 Å². The Kier molecular flexibility index (Phi) is 5.52. The molecule has 20 heavy (non-hydrogen) atoms.